The molecule has 0 spiro atoms. The molecule has 0 fully saturated rings. The molecule has 32 heavy (non-hydrogen) atoms. The molecule has 1 atom stereocenters. The van der Waals surface area contributed by atoms with E-state index in [9.17, 15) is 9.46 Å². The Morgan fingerprint density at radius 2 is 1.34 bits per heavy atom. The van der Waals surface area contributed by atoms with Crippen LogP contribution in [0.25, 0.3) is 0 Å². The third-order valence-electron chi connectivity index (χ3n) is 5.27. The molecule has 0 aliphatic carbocycles. The highest BCUT2D eigenvalue weighted by molar-refractivity contribution is 7.55. The predicted molar refractivity (Wildman–Crippen MR) is 128 cm³/mol. The van der Waals surface area contributed by atoms with Crippen LogP contribution < -0.4 is 9.84 Å². The Labute approximate surface area is 188 Å². The van der Waals surface area contributed by atoms with Gasteiger partial charge in [-0.3, -0.25) is 0 Å². The zero-order chi connectivity index (χ0) is 22.4. The van der Waals surface area contributed by atoms with E-state index < -0.39 is 12.9 Å². The molecule has 0 amide bonds. The molecule has 0 saturated carbocycles. The summed E-state index contributed by atoms with van der Waals surface area (Å²) < 4.78 is 20.1. The summed E-state index contributed by atoms with van der Waals surface area (Å²) in [6, 6.07) is 33.0. The molecule has 0 aliphatic heterocycles. The van der Waals surface area contributed by atoms with Crippen LogP contribution in [0.5, 0.6) is 5.88 Å². The van der Waals surface area contributed by atoms with E-state index in [0.29, 0.717) is 23.2 Å². The first-order valence-corrected chi connectivity index (χ1v) is 12.1. The van der Waals surface area contributed by atoms with Crippen molar-refractivity contribution >= 4 is 13.3 Å². The lowest BCUT2D eigenvalue weighted by atomic mass is 9.97. The van der Waals surface area contributed by atoms with E-state index in [0.717, 1.165) is 5.69 Å². The lowest BCUT2D eigenvalue weighted by Crippen LogP contribution is -2.38. The van der Waals surface area contributed by atoms with Crippen LogP contribution in [-0.2, 0) is 16.3 Å². The van der Waals surface area contributed by atoms with E-state index in [2.05, 4.69) is 10.3 Å². The highest BCUT2D eigenvalue weighted by atomic mass is 31.2. The quantitative estimate of drug-likeness (QED) is 0.316. The van der Waals surface area contributed by atoms with Crippen LogP contribution in [0.4, 0.5) is 5.69 Å². The standard InChI is InChI=1S/C26H25N2O3P/c1-2-23-19-12-20-25(27-23)31-32(29,30)26(21-13-6-3-7-14-21,22-15-8-4-9-16-22)28-24-17-10-5-11-18-24/h3-20,28H,2H2,1H3,(H,29,30). The van der Waals surface area contributed by atoms with E-state index in [-0.39, 0.29) is 5.88 Å². The van der Waals surface area contributed by atoms with Crippen molar-refractivity contribution in [3.63, 3.8) is 0 Å². The Morgan fingerprint density at radius 1 is 0.812 bits per heavy atom. The fourth-order valence-electron chi connectivity index (χ4n) is 3.70. The van der Waals surface area contributed by atoms with Gasteiger partial charge in [-0.15, -0.1) is 0 Å². The van der Waals surface area contributed by atoms with Crippen molar-refractivity contribution in [3.05, 3.63) is 126 Å². The van der Waals surface area contributed by atoms with Crippen LogP contribution in [-0.4, -0.2) is 9.88 Å². The van der Waals surface area contributed by atoms with Crippen LogP contribution in [0.2, 0.25) is 0 Å². The predicted octanol–water partition coefficient (Wildman–Crippen LogP) is 6.22. The molecular weight excluding hydrogens is 419 g/mol. The SMILES string of the molecule is CCc1cccc(OP(=O)(O)C(Nc2ccccc2)(c2ccccc2)c2ccccc2)n1. The summed E-state index contributed by atoms with van der Waals surface area (Å²) in [4.78, 5) is 16.0. The Balaban J connectivity index is 1.93. The van der Waals surface area contributed by atoms with Gasteiger partial charge in [0.25, 0.3) is 0 Å². The van der Waals surface area contributed by atoms with E-state index in [1.165, 1.54) is 0 Å². The third-order valence-corrected chi connectivity index (χ3v) is 7.18. The highest BCUT2D eigenvalue weighted by Gasteiger charge is 2.53. The number of benzene rings is 3. The summed E-state index contributed by atoms with van der Waals surface area (Å²) in [6.07, 6.45) is 0.692. The Hall–Kier alpha value is -3.40. The van der Waals surface area contributed by atoms with E-state index in [4.69, 9.17) is 4.52 Å². The number of para-hydroxylation sites is 1. The van der Waals surface area contributed by atoms with Gasteiger partial charge in [0.1, 0.15) is 0 Å². The lowest BCUT2D eigenvalue weighted by Gasteiger charge is -2.38. The monoisotopic (exact) mass is 444 g/mol. The molecule has 0 saturated heterocycles. The molecule has 162 valence electrons. The zero-order valence-electron chi connectivity index (χ0n) is 17.8. The number of aryl methyl sites for hydroxylation is 1. The van der Waals surface area contributed by atoms with Crippen molar-refractivity contribution < 1.29 is 14.0 Å². The maximum atomic E-state index is 14.2. The Morgan fingerprint density at radius 3 is 1.88 bits per heavy atom. The van der Waals surface area contributed by atoms with Gasteiger partial charge in [0, 0.05) is 17.4 Å². The Bertz CT molecular complexity index is 1160. The molecule has 1 unspecified atom stereocenters. The second-order valence-electron chi connectivity index (χ2n) is 7.37. The number of rotatable bonds is 8. The van der Waals surface area contributed by atoms with Gasteiger partial charge < -0.3 is 14.7 Å². The minimum atomic E-state index is -4.47. The fraction of sp³-hybridized carbons (Fsp3) is 0.115. The van der Waals surface area contributed by atoms with Crippen LogP contribution >= 0.6 is 7.60 Å². The van der Waals surface area contributed by atoms with E-state index >= 15 is 0 Å². The molecule has 0 radical (unpaired) electrons. The lowest BCUT2D eigenvalue weighted by molar-refractivity contribution is 0.348. The van der Waals surface area contributed by atoms with Gasteiger partial charge in [-0.1, -0.05) is 91.9 Å². The fourth-order valence-corrected chi connectivity index (χ4v) is 5.41. The van der Waals surface area contributed by atoms with E-state index in [1.54, 1.807) is 12.1 Å². The molecule has 4 rings (SSSR count). The van der Waals surface area contributed by atoms with Gasteiger partial charge in [0.2, 0.25) is 11.2 Å². The van der Waals surface area contributed by atoms with Gasteiger partial charge >= 0.3 is 7.60 Å². The molecular formula is C26H25N2O3P. The topological polar surface area (TPSA) is 71.5 Å². The summed E-state index contributed by atoms with van der Waals surface area (Å²) in [5.41, 5.74) is 2.68. The largest absolute Gasteiger partial charge is 0.412 e. The minimum absolute atomic E-state index is 0.112. The molecule has 4 aromatic rings. The highest BCUT2D eigenvalue weighted by Crippen LogP contribution is 2.63. The third kappa shape index (κ3) is 4.31. The van der Waals surface area contributed by atoms with Gasteiger partial charge in [-0.05, 0) is 35.7 Å². The van der Waals surface area contributed by atoms with Crippen LogP contribution in [0.3, 0.4) is 0 Å². The smallest absolute Gasteiger partial charge is 0.404 e. The summed E-state index contributed by atoms with van der Waals surface area (Å²) in [5, 5.41) is 1.78. The first-order chi connectivity index (χ1) is 15.5. The molecule has 0 bridgehead atoms. The molecule has 1 heterocycles. The van der Waals surface area contributed by atoms with Crippen molar-refractivity contribution in [2.75, 3.05) is 5.32 Å². The molecule has 2 N–H and O–H groups in total. The average Bonchev–Trinajstić information content (AvgIpc) is 2.84. The van der Waals surface area contributed by atoms with Crippen molar-refractivity contribution in [1.82, 2.24) is 4.98 Å². The van der Waals surface area contributed by atoms with Crippen molar-refractivity contribution in [3.8, 4) is 5.88 Å². The van der Waals surface area contributed by atoms with Crippen LogP contribution in [0.15, 0.2) is 109 Å². The molecule has 1 aromatic heterocycles. The maximum absolute atomic E-state index is 14.2. The second-order valence-corrected chi connectivity index (χ2v) is 9.26. The van der Waals surface area contributed by atoms with Gasteiger partial charge in [0.05, 0.1) is 0 Å². The molecule has 3 aromatic carbocycles. The van der Waals surface area contributed by atoms with Crippen molar-refractivity contribution in [2.45, 2.75) is 18.6 Å². The number of hydrogen-bond acceptors (Lipinski definition) is 4. The van der Waals surface area contributed by atoms with Crippen molar-refractivity contribution in [1.29, 1.82) is 0 Å². The number of hydrogen-bond donors (Lipinski definition) is 2. The average molecular weight is 444 g/mol. The molecule has 6 heteroatoms. The molecule has 5 nitrogen and oxygen atoms in total. The summed E-state index contributed by atoms with van der Waals surface area (Å²) >= 11 is 0. The van der Waals surface area contributed by atoms with Crippen LogP contribution in [0, 0.1) is 0 Å². The first-order valence-electron chi connectivity index (χ1n) is 10.5. The zero-order valence-corrected chi connectivity index (χ0v) is 18.7. The van der Waals surface area contributed by atoms with Gasteiger partial charge in [0.15, 0.2) is 0 Å². The van der Waals surface area contributed by atoms with Crippen LogP contribution in [0.1, 0.15) is 23.7 Å². The number of anilines is 1. The number of nitrogens with one attached hydrogen (secondary N) is 1. The summed E-state index contributed by atoms with van der Waals surface area (Å²) in [7, 11) is -4.47. The maximum Gasteiger partial charge on any atom is 0.412 e. The second kappa shape index (κ2) is 9.39. The minimum Gasteiger partial charge on any atom is -0.404 e. The van der Waals surface area contributed by atoms with Crippen molar-refractivity contribution in [2.24, 2.45) is 0 Å². The number of nitrogens with zero attached hydrogens (tertiary/aromatic N) is 1. The summed E-state index contributed by atoms with van der Waals surface area (Å²) in [5.74, 6) is 0.112. The normalized spacial score (nSPS) is 13.2. The van der Waals surface area contributed by atoms with Gasteiger partial charge in [-0.25, -0.2) is 9.55 Å². The summed E-state index contributed by atoms with van der Waals surface area (Å²) in [6.45, 7) is 1.97. The number of pyridine rings is 1. The first kappa shape index (κ1) is 21.8. The van der Waals surface area contributed by atoms with E-state index in [1.807, 2.05) is 104 Å². The molecule has 0 aliphatic rings. The number of aromatic nitrogens is 1. The Kier molecular flexibility index (Phi) is 6.40. The van der Waals surface area contributed by atoms with Gasteiger partial charge in [-0.2, -0.15) is 0 Å².